The fraction of sp³-hybridized carbons (Fsp3) is 0.182. The molecule has 5 nitrogen and oxygen atoms in total. The van der Waals surface area contributed by atoms with Crippen LogP contribution in [0.5, 0.6) is 11.5 Å². The van der Waals surface area contributed by atoms with Crippen LogP contribution in [0.3, 0.4) is 0 Å². The Kier molecular flexibility index (Phi) is 6.67. The van der Waals surface area contributed by atoms with Gasteiger partial charge in [-0.3, -0.25) is 4.31 Å². The van der Waals surface area contributed by atoms with E-state index in [1.807, 2.05) is 30.3 Å². The summed E-state index contributed by atoms with van der Waals surface area (Å²) in [6, 6.07) is 21.2. The average Bonchev–Trinajstić information content (AvgIpc) is 2.74. The van der Waals surface area contributed by atoms with Gasteiger partial charge in [0, 0.05) is 6.54 Å². The van der Waals surface area contributed by atoms with Crippen molar-refractivity contribution in [2.24, 2.45) is 0 Å². The van der Waals surface area contributed by atoms with E-state index in [0.29, 0.717) is 23.8 Å². The first-order valence-electron chi connectivity index (χ1n) is 9.08. The summed E-state index contributed by atoms with van der Waals surface area (Å²) in [5.74, 6) is 1.09. The molecule has 0 aliphatic heterocycles. The van der Waals surface area contributed by atoms with Crippen LogP contribution in [0.2, 0.25) is 5.02 Å². The lowest BCUT2D eigenvalue weighted by atomic mass is 10.2. The summed E-state index contributed by atoms with van der Waals surface area (Å²) in [5, 5.41) is 0.245. The van der Waals surface area contributed by atoms with Gasteiger partial charge in [0.25, 0.3) is 10.0 Å². The molecule has 0 aliphatic rings. The van der Waals surface area contributed by atoms with Crippen LogP contribution in [0.15, 0.2) is 77.7 Å². The Morgan fingerprint density at radius 3 is 2.24 bits per heavy atom. The number of hydrogen-bond acceptors (Lipinski definition) is 4. The van der Waals surface area contributed by atoms with Crippen molar-refractivity contribution in [1.82, 2.24) is 0 Å². The summed E-state index contributed by atoms with van der Waals surface area (Å²) in [4.78, 5) is 0.106. The molecule has 3 aromatic rings. The molecule has 152 valence electrons. The molecule has 0 amide bonds. The normalized spacial score (nSPS) is 11.1. The average molecular weight is 432 g/mol. The van der Waals surface area contributed by atoms with Gasteiger partial charge in [-0.05, 0) is 55.0 Å². The Balaban J connectivity index is 1.79. The molecule has 0 saturated heterocycles. The van der Waals surface area contributed by atoms with Crippen molar-refractivity contribution in [1.29, 1.82) is 0 Å². The molecule has 0 radical (unpaired) electrons. The third-order valence-electron chi connectivity index (χ3n) is 4.37. The minimum Gasteiger partial charge on any atom is -0.495 e. The highest BCUT2D eigenvalue weighted by Crippen LogP contribution is 2.31. The number of halogens is 1. The number of methoxy groups -OCH3 is 1. The molecule has 0 aromatic heterocycles. The molecule has 0 aliphatic carbocycles. The van der Waals surface area contributed by atoms with Gasteiger partial charge in [0.15, 0.2) is 0 Å². The molecule has 0 unspecified atom stereocenters. The fourth-order valence-electron chi connectivity index (χ4n) is 2.88. The van der Waals surface area contributed by atoms with Crippen molar-refractivity contribution in [2.45, 2.75) is 18.4 Å². The smallest absolute Gasteiger partial charge is 0.264 e. The lowest BCUT2D eigenvalue weighted by molar-refractivity contribution is 0.306. The second-order valence-corrected chi connectivity index (χ2v) is 8.50. The Labute approximate surface area is 176 Å². The molecule has 0 atom stereocenters. The number of rotatable bonds is 8. The van der Waals surface area contributed by atoms with E-state index in [2.05, 4.69) is 0 Å². The van der Waals surface area contributed by atoms with Crippen LogP contribution in [-0.2, 0) is 16.6 Å². The zero-order valence-electron chi connectivity index (χ0n) is 16.2. The SMILES string of the molecule is CCN(c1ccc(OCc2ccccc2)cc1)S(=O)(=O)c1ccc(OC)c(Cl)c1. The zero-order valence-corrected chi connectivity index (χ0v) is 17.8. The maximum atomic E-state index is 13.1. The highest BCUT2D eigenvalue weighted by atomic mass is 35.5. The number of ether oxygens (including phenoxy) is 2. The van der Waals surface area contributed by atoms with Crippen LogP contribution < -0.4 is 13.8 Å². The minimum atomic E-state index is -3.77. The van der Waals surface area contributed by atoms with Crippen molar-refractivity contribution in [3.63, 3.8) is 0 Å². The predicted molar refractivity (Wildman–Crippen MR) is 115 cm³/mol. The molecule has 0 N–H and O–H groups in total. The van der Waals surface area contributed by atoms with Crippen LogP contribution in [0.25, 0.3) is 0 Å². The van der Waals surface area contributed by atoms with Crippen LogP contribution >= 0.6 is 11.6 Å². The highest BCUT2D eigenvalue weighted by Gasteiger charge is 2.24. The largest absolute Gasteiger partial charge is 0.495 e. The number of nitrogens with zero attached hydrogens (tertiary/aromatic N) is 1. The molecule has 7 heteroatoms. The first-order chi connectivity index (χ1) is 14.0. The van der Waals surface area contributed by atoms with E-state index < -0.39 is 10.0 Å². The van der Waals surface area contributed by atoms with Gasteiger partial charge in [-0.2, -0.15) is 0 Å². The Bertz CT molecular complexity index is 1050. The molecular weight excluding hydrogens is 410 g/mol. The van der Waals surface area contributed by atoms with E-state index in [4.69, 9.17) is 21.1 Å². The van der Waals surface area contributed by atoms with Crippen molar-refractivity contribution in [3.05, 3.63) is 83.4 Å². The fourth-order valence-corrected chi connectivity index (χ4v) is 4.70. The molecule has 0 heterocycles. The number of anilines is 1. The molecule has 3 rings (SSSR count). The van der Waals surface area contributed by atoms with Crippen LogP contribution in [0.1, 0.15) is 12.5 Å². The lowest BCUT2D eigenvalue weighted by Crippen LogP contribution is -2.30. The van der Waals surface area contributed by atoms with Crippen molar-refractivity contribution in [2.75, 3.05) is 18.0 Å². The van der Waals surface area contributed by atoms with Crippen LogP contribution in [0.4, 0.5) is 5.69 Å². The maximum absolute atomic E-state index is 13.1. The Hall–Kier alpha value is -2.70. The van der Waals surface area contributed by atoms with Gasteiger partial charge < -0.3 is 9.47 Å². The van der Waals surface area contributed by atoms with E-state index in [-0.39, 0.29) is 16.5 Å². The number of sulfonamides is 1. The summed E-state index contributed by atoms with van der Waals surface area (Å²) in [6.07, 6.45) is 0. The van der Waals surface area contributed by atoms with E-state index >= 15 is 0 Å². The van der Waals surface area contributed by atoms with Gasteiger partial charge in [0.05, 0.1) is 22.7 Å². The van der Waals surface area contributed by atoms with Crippen molar-refractivity contribution >= 4 is 27.3 Å². The molecule has 0 spiro atoms. The first-order valence-corrected chi connectivity index (χ1v) is 10.9. The summed E-state index contributed by atoms with van der Waals surface area (Å²) in [7, 11) is -2.29. The van der Waals surface area contributed by atoms with E-state index in [1.54, 1.807) is 37.3 Å². The van der Waals surface area contributed by atoms with Crippen molar-refractivity contribution < 1.29 is 17.9 Å². The van der Waals surface area contributed by atoms with Gasteiger partial charge in [-0.25, -0.2) is 8.42 Å². The summed E-state index contributed by atoms with van der Waals surface area (Å²) in [6.45, 7) is 2.50. The topological polar surface area (TPSA) is 55.8 Å². The number of benzene rings is 3. The summed E-state index contributed by atoms with van der Waals surface area (Å²) in [5.41, 5.74) is 1.61. The van der Waals surface area contributed by atoms with Gasteiger partial charge in [0.2, 0.25) is 0 Å². The minimum absolute atomic E-state index is 0.106. The molecule has 0 fully saturated rings. The quantitative estimate of drug-likeness (QED) is 0.495. The third kappa shape index (κ3) is 4.83. The number of hydrogen-bond donors (Lipinski definition) is 0. The second-order valence-electron chi connectivity index (χ2n) is 6.23. The Morgan fingerprint density at radius 1 is 0.966 bits per heavy atom. The second kappa shape index (κ2) is 9.20. The molecular formula is C22H22ClNO4S. The van der Waals surface area contributed by atoms with Crippen molar-refractivity contribution in [3.8, 4) is 11.5 Å². The van der Waals surface area contributed by atoms with Gasteiger partial charge >= 0.3 is 0 Å². The molecule has 0 saturated carbocycles. The maximum Gasteiger partial charge on any atom is 0.264 e. The third-order valence-corrected chi connectivity index (χ3v) is 6.57. The van der Waals surface area contributed by atoms with Gasteiger partial charge in [-0.1, -0.05) is 41.9 Å². The van der Waals surface area contributed by atoms with Crippen LogP contribution in [-0.4, -0.2) is 22.1 Å². The van der Waals surface area contributed by atoms with Crippen LogP contribution in [0, 0.1) is 0 Å². The standard InChI is InChI=1S/C22H22ClNO4S/c1-3-24(29(25,26)20-13-14-22(27-2)21(23)15-20)18-9-11-19(12-10-18)28-16-17-7-5-4-6-8-17/h4-15H,3,16H2,1-2H3. The highest BCUT2D eigenvalue weighted by molar-refractivity contribution is 7.92. The molecule has 29 heavy (non-hydrogen) atoms. The molecule has 0 bridgehead atoms. The summed E-state index contributed by atoms with van der Waals surface area (Å²) >= 11 is 6.11. The van der Waals surface area contributed by atoms with Gasteiger partial charge in [0.1, 0.15) is 18.1 Å². The summed E-state index contributed by atoms with van der Waals surface area (Å²) < 4.78 is 38.4. The lowest BCUT2D eigenvalue weighted by Gasteiger charge is -2.23. The first kappa shape index (κ1) is 21.0. The monoisotopic (exact) mass is 431 g/mol. The van der Waals surface area contributed by atoms with E-state index in [9.17, 15) is 8.42 Å². The van der Waals surface area contributed by atoms with E-state index in [1.165, 1.54) is 23.5 Å². The van der Waals surface area contributed by atoms with Gasteiger partial charge in [-0.15, -0.1) is 0 Å². The predicted octanol–water partition coefficient (Wildman–Crippen LogP) is 5.14. The Morgan fingerprint density at radius 2 is 1.66 bits per heavy atom. The van der Waals surface area contributed by atoms with E-state index in [0.717, 1.165) is 5.56 Å². The molecule has 3 aromatic carbocycles. The zero-order chi connectivity index (χ0) is 20.9.